The smallest absolute Gasteiger partial charge is 0.257 e. The van der Waals surface area contributed by atoms with Crippen LogP contribution in [-0.2, 0) is 11.4 Å². The standard InChI is InChI=1S/C26H24N2O5/c1-28(26(30)18-9-10-18)22-8-3-2-7-21(22)25(29)27-19-6-4-5-17(13-19)15-31-20-11-12-23-24(14-20)33-16-32-23/h2-8,11-14,18H,9-10,15-16H2,1H3,(H,27,29). The average molecular weight is 444 g/mol. The Balaban J connectivity index is 1.26. The van der Waals surface area contributed by atoms with Gasteiger partial charge in [0.05, 0.1) is 11.3 Å². The van der Waals surface area contributed by atoms with E-state index in [4.69, 9.17) is 14.2 Å². The Labute approximate surface area is 191 Å². The molecule has 2 amide bonds. The van der Waals surface area contributed by atoms with Gasteiger partial charge in [0.15, 0.2) is 11.5 Å². The molecule has 33 heavy (non-hydrogen) atoms. The lowest BCUT2D eigenvalue weighted by atomic mass is 10.1. The van der Waals surface area contributed by atoms with Crippen LogP contribution in [0.5, 0.6) is 17.2 Å². The highest BCUT2D eigenvalue weighted by molar-refractivity contribution is 6.10. The lowest BCUT2D eigenvalue weighted by Crippen LogP contribution is -2.29. The van der Waals surface area contributed by atoms with E-state index in [1.165, 1.54) is 0 Å². The van der Waals surface area contributed by atoms with Gasteiger partial charge < -0.3 is 24.4 Å². The molecule has 1 fully saturated rings. The van der Waals surface area contributed by atoms with Crippen molar-refractivity contribution >= 4 is 23.2 Å². The maximum atomic E-state index is 13.0. The molecule has 3 aromatic carbocycles. The van der Waals surface area contributed by atoms with Crippen LogP contribution in [0, 0.1) is 5.92 Å². The second-order valence-corrected chi connectivity index (χ2v) is 8.15. The van der Waals surface area contributed by atoms with Crippen molar-refractivity contribution in [2.24, 2.45) is 5.92 Å². The van der Waals surface area contributed by atoms with Crippen LogP contribution >= 0.6 is 0 Å². The number of benzene rings is 3. The molecule has 3 aromatic rings. The fourth-order valence-electron chi connectivity index (χ4n) is 3.75. The summed E-state index contributed by atoms with van der Waals surface area (Å²) in [4.78, 5) is 27.1. The van der Waals surface area contributed by atoms with Gasteiger partial charge in [-0.05, 0) is 54.8 Å². The maximum absolute atomic E-state index is 13.0. The third-order valence-corrected chi connectivity index (χ3v) is 5.70. The highest BCUT2D eigenvalue weighted by Gasteiger charge is 2.33. The van der Waals surface area contributed by atoms with Gasteiger partial charge >= 0.3 is 0 Å². The van der Waals surface area contributed by atoms with Gasteiger partial charge in [-0.3, -0.25) is 9.59 Å². The summed E-state index contributed by atoms with van der Waals surface area (Å²) in [5, 5.41) is 2.94. The van der Waals surface area contributed by atoms with Crippen molar-refractivity contribution in [2.75, 3.05) is 24.1 Å². The van der Waals surface area contributed by atoms with Crippen LogP contribution in [0.15, 0.2) is 66.7 Å². The predicted octanol–water partition coefficient (Wildman–Crippen LogP) is 4.62. The van der Waals surface area contributed by atoms with Crippen LogP contribution < -0.4 is 24.4 Å². The normalized spacial score (nSPS) is 14.0. The average Bonchev–Trinajstić information content (AvgIpc) is 3.59. The van der Waals surface area contributed by atoms with E-state index < -0.39 is 0 Å². The molecule has 1 saturated carbocycles. The number of hydrogen-bond acceptors (Lipinski definition) is 5. The zero-order chi connectivity index (χ0) is 22.8. The van der Waals surface area contributed by atoms with Gasteiger partial charge in [-0.2, -0.15) is 0 Å². The van der Waals surface area contributed by atoms with Gasteiger partial charge in [0.25, 0.3) is 5.91 Å². The van der Waals surface area contributed by atoms with E-state index in [1.54, 1.807) is 36.2 Å². The van der Waals surface area contributed by atoms with Gasteiger partial charge in [-0.1, -0.05) is 24.3 Å². The van der Waals surface area contributed by atoms with Gasteiger partial charge in [0.2, 0.25) is 12.7 Å². The molecule has 1 aliphatic heterocycles. The van der Waals surface area contributed by atoms with Crippen molar-refractivity contribution in [2.45, 2.75) is 19.4 Å². The fourth-order valence-corrected chi connectivity index (χ4v) is 3.75. The van der Waals surface area contributed by atoms with Crippen LogP contribution in [0.25, 0.3) is 0 Å². The van der Waals surface area contributed by atoms with Crippen molar-refractivity contribution in [3.63, 3.8) is 0 Å². The Bertz CT molecular complexity index is 1200. The minimum atomic E-state index is -0.269. The minimum Gasteiger partial charge on any atom is -0.489 e. The maximum Gasteiger partial charge on any atom is 0.257 e. The molecule has 0 radical (unpaired) electrons. The van der Waals surface area contributed by atoms with E-state index in [0.29, 0.717) is 40.8 Å². The third-order valence-electron chi connectivity index (χ3n) is 5.70. The number of carbonyl (C=O) groups is 2. The number of fused-ring (bicyclic) bond motifs is 1. The summed E-state index contributed by atoms with van der Waals surface area (Å²) in [5.41, 5.74) is 2.61. The van der Waals surface area contributed by atoms with E-state index in [1.807, 2.05) is 42.5 Å². The first-order valence-corrected chi connectivity index (χ1v) is 10.9. The summed E-state index contributed by atoms with van der Waals surface area (Å²) in [5.74, 6) is 1.90. The number of para-hydroxylation sites is 1. The summed E-state index contributed by atoms with van der Waals surface area (Å²) in [6.45, 7) is 0.548. The van der Waals surface area contributed by atoms with Crippen molar-refractivity contribution < 1.29 is 23.8 Å². The first-order chi connectivity index (χ1) is 16.1. The molecule has 1 heterocycles. The second-order valence-electron chi connectivity index (χ2n) is 8.15. The number of carbonyl (C=O) groups excluding carboxylic acids is 2. The van der Waals surface area contributed by atoms with Crippen LogP contribution in [0.1, 0.15) is 28.8 Å². The molecule has 7 heteroatoms. The number of hydrogen-bond donors (Lipinski definition) is 1. The molecule has 5 rings (SSSR count). The largest absolute Gasteiger partial charge is 0.489 e. The van der Waals surface area contributed by atoms with Crippen molar-refractivity contribution in [3.05, 3.63) is 77.9 Å². The molecule has 0 atom stereocenters. The molecular formula is C26H24N2O5. The van der Waals surface area contributed by atoms with Crippen molar-refractivity contribution in [3.8, 4) is 17.2 Å². The van der Waals surface area contributed by atoms with Crippen molar-refractivity contribution in [1.29, 1.82) is 0 Å². The van der Waals surface area contributed by atoms with E-state index in [0.717, 1.165) is 18.4 Å². The Kier molecular flexibility index (Phi) is 5.60. The molecule has 0 aromatic heterocycles. The topological polar surface area (TPSA) is 77.1 Å². The molecule has 7 nitrogen and oxygen atoms in total. The minimum absolute atomic E-state index is 0.0536. The molecule has 0 spiro atoms. The predicted molar refractivity (Wildman–Crippen MR) is 124 cm³/mol. The quantitative estimate of drug-likeness (QED) is 0.576. The Morgan fingerprint density at radius 3 is 2.67 bits per heavy atom. The van der Waals surface area contributed by atoms with Crippen LogP contribution in [-0.4, -0.2) is 25.7 Å². The molecule has 2 aliphatic rings. The first kappa shape index (κ1) is 20.9. The van der Waals surface area contributed by atoms with Crippen molar-refractivity contribution in [1.82, 2.24) is 0 Å². The first-order valence-electron chi connectivity index (χ1n) is 10.9. The molecule has 1 aliphatic carbocycles. The summed E-state index contributed by atoms with van der Waals surface area (Å²) in [7, 11) is 1.72. The SMILES string of the molecule is CN(C(=O)C1CC1)c1ccccc1C(=O)Nc1cccc(COc2ccc3c(c2)OCO3)c1. The van der Waals surface area contributed by atoms with E-state index >= 15 is 0 Å². The molecule has 0 saturated heterocycles. The number of rotatable bonds is 7. The van der Waals surface area contributed by atoms with E-state index in [2.05, 4.69) is 5.32 Å². The second kappa shape index (κ2) is 8.86. The zero-order valence-corrected chi connectivity index (χ0v) is 18.2. The van der Waals surface area contributed by atoms with Gasteiger partial charge in [0.1, 0.15) is 12.4 Å². The van der Waals surface area contributed by atoms with Gasteiger partial charge in [-0.15, -0.1) is 0 Å². The molecule has 1 N–H and O–H groups in total. The third kappa shape index (κ3) is 4.62. The summed E-state index contributed by atoms with van der Waals surface area (Å²) >= 11 is 0. The summed E-state index contributed by atoms with van der Waals surface area (Å²) in [6.07, 6.45) is 1.83. The Morgan fingerprint density at radius 1 is 1.00 bits per heavy atom. The van der Waals surface area contributed by atoms with Crippen LogP contribution in [0.4, 0.5) is 11.4 Å². The molecule has 0 bridgehead atoms. The highest BCUT2D eigenvalue weighted by atomic mass is 16.7. The number of amides is 2. The fraction of sp³-hybridized carbons (Fsp3) is 0.231. The molecule has 0 unspecified atom stereocenters. The van der Waals surface area contributed by atoms with Crippen LogP contribution in [0.3, 0.4) is 0 Å². The monoisotopic (exact) mass is 444 g/mol. The Hall–Kier alpha value is -4.00. The molecular weight excluding hydrogens is 420 g/mol. The lowest BCUT2D eigenvalue weighted by Gasteiger charge is -2.20. The number of nitrogens with one attached hydrogen (secondary N) is 1. The number of anilines is 2. The Morgan fingerprint density at radius 2 is 1.82 bits per heavy atom. The van der Waals surface area contributed by atoms with Gasteiger partial charge in [-0.25, -0.2) is 0 Å². The van der Waals surface area contributed by atoms with Gasteiger partial charge in [0, 0.05) is 24.7 Å². The van der Waals surface area contributed by atoms with E-state index in [-0.39, 0.29) is 24.5 Å². The zero-order valence-electron chi connectivity index (χ0n) is 18.2. The summed E-state index contributed by atoms with van der Waals surface area (Å²) < 4.78 is 16.6. The number of nitrogens with zero attached hydrogens (tertiary/aromatic N) is 1. The number of ether oxygens (including phenoxy) is 3. The lowest BCUT2D eigenvalue weighted by molar-refractivity contribution is -0.119. The van der Waals surface area contributed by atoms with E-state index in [9.17, 15) is 9.59 Å². The summed E-state index contributed by atoms with van der Waals surface area (Å²) in [6, 6.07) is 20.1. The van der Waals surface area contributed by atoms with Crippen LogP contribution in [0.2, 0.25) is 0 Å². The molecule has 168 valence electrons. The highest BCUT2D eigenvalue weighted by Crippen LogP contribution is 2.35.